The molecule has 0 N–H and O–H groups in total. The average Bonchev–Trinajstić information content (AvgIpc) is 2.84. The first kappa shape index (κ1) is 14.8. The van der Waals surface area contributed by atoms with Crippen LogP contribution in [0.25, 0.3) is 0 Å². The zero-order valence-corrected chi connectivity index (χ0v) is 14.9. The number of likely N-dealkylation sites (tertiary alicyclic amines) is 1. The molecule has 0 radical (unpaired) electrons. The molecule has 1 nitrogen and oxygen atoms in total. The average molecular weight is 360 g/mol. The van der Waals surface area contributed by atoms with Gasteiger partial charge in [0.1, 0.15) is 0 Å². The Hall–Kier alpha value is -0.760. The van der Waals surface area contributed by atoms with Crippen LogP contribution in [-0.2, 0) is 6.42 Å². The monoisotopic (exact) mass is 359 g/mol. The smallest absolute Gasteiger partial charge is 0.0574 e. The van der Waals surface area contributed by atoms with E-state index in [2.05, 4.69) is 45.6 Å². The lowest BCUT2D eigenvalue weighted by atomic mass is 9.80. The highest BCUT2D eigenvalue weighted by Gasteiger charge is 2.41. The minimum Gasteiger partial charge on any atom is -0.368 e. The van der Waals surface area contributed by atoms with Gasteiger partial charge in [0.05, 0.1) is 6.04 Å². The molecule has 4 rings (SSSR count). The fourth-order valence-corrected chi connectivity index (χ4v) is 5.34. The van der Waals surface area contributed by atoms with Gasteiger partial charge < -0.3 is 4.90 Å². The van der Waals surface area contributed by atoms with Crippen molar-refractivity contribution in [2.75, 3.05) is 6.54 Å². The van der Waals surface area contributed by atoms with E-state index in [1.54, 1.807) is 11.1 Å². The van der Waals surface area contributed by atoms with E-state index < -0.39 is 0 Å². The second-order valence-electron chi connectivity index (χ2n) is 7.51. The Bertz CT molecular complexity index is 573. The third-order valence-corrected chi connectivity index (χ3v) is 6.57. The Morgan fingerprint density at radius 1 is 1.14 bits per heavy atom. The van der Waals surface area contributed by atoms with Crippen LogP contribution in [-0.4, -0.2) is 11.4 Å². The van der Waals surface area contributed by atoms with Gasteiger partial charge in [-0.15, -0.1) is 0 Å². The highest BCUT2D eigenvalue weighted by molar-refractivity contribution is 9.10. The fraction of sp³-hybridized carbons (Fsp3) is 0.600. The lowest BCUT2D eigenvalue weighted by molar-refractivity contribution is 0.185. The molecule has 2 atom stereocenters. The molecule has 0 amide bonds. The Labute approximate surface area is 142 Å². The lowest BCUT2D eigenvalue weighted by Crippen LogP contribution is -2.32. The van der Waals surface area contributed by atoms with E-state index in [0.717, 1.165) is 11.8 Å². The number of hydrogen-bond donors (Lipinski definition) is 0. The minimum absolute atomic E-state index is 0.593. The molecule has 1 aromatic carbocycles. The molecular formula is C20H26BrN. The second-order valence-corrected chi connectivity index (χ2v) is 8.43. The van der Waals surface area contributed by atoms with E-state index in [4.69, 9.17) is 0 Å². The summed E-state index contributed by atoms with van der Waals surface area (Å²) >= 11 is 3.68. The van der Waals surface area contributed by atoms with Crippen LogP contribution in [0.3, 0.4) is 0 Å². The van der Waals surface area contributed by atoms with Gasteiger partial charge in [-0.1, -0.05) is 47.8 Å². The van der Waals surface area contributed by atoms with Crippen LogP contribution < -0.4 is 0 Å². The molecular weight excluding hydrogens is 334 g/mol. The Balaban J connectivity index is 1.62. The van der Waals surface area contributed by atoms with E-state index in [1.165, 1.54) is 68.1 Å². The minimum atomic E-state index is 0.593. The standard InChI is InChI=1S/C20H26BrN/c1-14-11-17-8-7-16-9-10-18(21)12-19(16)20(17)22(14)13-15-5-3-2-4-6-15/h9-10,12,15,17,20H,1-8,11,13H2. The summed E-state index contributed by atoms with van der Waals surface area (Å²) in [4.78, 5) is 2.69. The van der Waals surface area contributed by atoms with E-state index in [0.29, 0.717) is 6.04 Å². The van der Waals surface area contributed by atoms with E-state index in [9.17, 15) is 0 Å². The molecule has 1 aliphatic heterocycles. The first-order chi connectivity index (χ1) is 10.7. The number of hydrogen-bond acceptors (Lipinski definition) is 1. The van der Waals surface area contributed by atoms with Gasteiger partial charge in [-0.25, -0.2) is 0 Å². The summed E-state index contributed by atoms with van der Waals surface area (Å²) in [6.45, 7) is 5.68. The summed E-state index contributed by atoms with van der Waals surface area (Å²) < 4.78 is 1.22. The molecule has 0 spiro atoms. The summed E-state index contributed by atoms with van der Waals surface area (Å²) in [5, 5.41) is 0. The summed E-state index contributed by atoms with van der Waals surface area (Å²) in [5.74, 6) is 1.68. The highest BCUT2D eigenvalue weighted by atomic mass is 79.9. The Morgan fingerprint density at radius 3 is 2.77 bits per heavy atom. The van der Waals surface area contributed by atoms with Crippen molar-refractivity contribution < 1.29 is 0 Å². The summed E-state index contributed by atoms with van der Waals surface area (Å²) in [7, 11) is 0. The lowest BCUT2D eigenvalue weighted by Gasteiger charge is -2.38. The van der Waals surface area contributed by atoms with Gasteiger partial charge in [0.15, 0.2) is 0 Å². The summed E-state index contributed by atoms with van der Waals surface area (Å²) in [6, 6.07) is 7.50. The number of rotatable bonds is 2. The second kappa shape index (κ2) is 6.03. The van der Waals surface area contributed by atoms with Gasteiger partial charge >= 0.3 is 0 Å². The van der Waals surface area contributed by atoms with Crippen LogP contribution in [0.15, 0.2) is 34.9 Å². The van der Waals surface area contributed by atoms with Crippen LogP contribution in [0.4, 0.5) is 0 Å². The van der Waals surface area contributed by atoms with Crippen LogP contribution >= 0.6 is 15.9 Å². The molecule has 1 saturated heterocycles. The fourth-order valence-electron chi connectivity index (χ4n) is 4.96. The van der Waals surface area contributed by atoms with Crippen molar-refractivity contribution in [3.8, 4) is 0 Å². The van der Waals surface area contributed by atoms with Crippen molar-refractivity contribution >= 4 is 15.9 Å². The van der Waals surface area contributed by atoms with Crippen LogP contribution in [0.5, 0.6) is 0 Å². The maximum atomic E-state index is 4.43. The number of benzene rings is 1. The molecule has 2 aliphatic carbocycles. The molecule has 0 bridgehead atoms. The maximum Gasteiger partial charge on any atom is 0.0574 e. The normalized spacial score (nSPS) is 28.6. The molecule has 2 unspecified atom stereocenters. The number of halogens is 1. The van der Waals surface area contributed by atoms with E-state index in [-0.39, 0.29) is 0 Å². The van der Waals surface area contributed by atoms with Crippen molar-refractivity contribution in [3.05, 3.63) is 46.1 Å². The summed E-state index contributed by atoms with van der Waals surface area (Å²) in [6.07, 6.45) is 10.9. The third-order valence-electron chi connectivity index (χ3n) is 6.08. The SMILES string of the molecule is C=C1CC2CCc3ccc(Br)cc3C2N1CC1CCCCC1. The van der Waals surface area contributed by atoms with Gasteiger partial charge in [0.25, 0.3) is 0 Å². The van der Waals surface area contributed by atoms with Gasteiger partial charge in [-0.3, -0.25) is 0 Å². The quantitative estimate of drug-likeness (QED) is 0.639. The largest absolute Gasteiger partial charge is 0.368 e. The van der Waals surface area contributed by atoms with Crippen molar-refractivity contribution in [1.82, 2.24) is 4.90 Å². The molecule has 118 valence electrons. The first-order valence-corrected chi connectivity index (χ1v) is 9.74. The maximum absolute atomic E-state index is 4.43. The van der Waals surface area contributed by atoms with Gasteiger partial charge in [-0.2, -0.15) is 0 Å². The highest BCUT2D eigenvalue weighted by Crippen LogP contribution is 2.49. The van der Waals surface area contributed by atoms with Crippen molar-refractivity contribution in [1.29, 1.82) is 0 Å². The molecule has 1 aromatic rings. The first-order valence-electron chi connectivity index (χ1n) is 8.95. The molecule has 2 heteroatoms. The van der Waals surface area contributed by atoms with Gasteiger partial charge in [-0.05, 0) is 67.2 Å². The number of allylic oxidation sites excluding steroid dienone is 1. The van der Waals surface area contributed by atoms with Crippen molar-refractivity contribution in [2.24, 2.45) is 11.8 Å². The topological polar surface area (TPSA) is 3.24 Å². The van der Waals surface area contributed by atoms with E-state index in [1.807, 2.05) is 0 Å². The number of aryl methyl sites for hydroxylation is 1. The molecule has 3 aliphatic rings. The predicted molar refractivity (Wildman–Crippen MR) is 95.7 cm³/mol. The zero-order chi connectivity index (χ0) is 15.1. The molecule has 1 saturated carbocycles. The molecule has 1 heterocycles. The van der Waals surface area contributed by atoms with Crippen LogP contribution in [0, 0.1) is 11.8 Å². The van der Waals surface area contributed by atoms with Gasteiger partial charge in [0.2, 0.25) is 0 Å². The van der Waals surface area contributed by atoms with Crippen LogP contribution in [0.1, 0.15) is 62.1 Å². The Kier molecular flexibility index (Phi) is 4.06. The number of fused-ring (bicyclic) bond motifs is 3. The van der Waals surface area contributed by atoms with Gasteiger partial charge in [0, 0.05) is 16.7 Å². The Morgan fingerprint density at radius 2 is 1.95 bits per heavy atom. The third kappa shape index (κ3) is 2.64. The molecule has 22 heavy (non-hydrogen) atoms. The summed E-state index contributed by atoms with van der Waals surface area (Å²) in [5.41, 5.74) is 4.53. The van der Waals surface area contributed by atoms with Crippen LogP contribution in [0.2, 0.25) is 0 Å². The number of nitrogens with zero attached hydrogens (tertiary/aromatic N) is 1. The van der Waals surface area contributed by atoms with Crippen molar-refractivity contribution in [3.63, 3.8) is 0 Å². The molecule has 0 aromatic heterocycles. The predicted octanol–water partition coefficient (Wildman–Crippen LogP) is 5.85. The van der Waals surface area contributed by atoms with E-state index >= 15 is 0 Å². The zero-order valence-electron chi connectivity index (χ0n) is 13.4. The molecule has 2 fully saturated rings. The van der Waals surface area contributed by atoms with Crippen molar-refractivity contribution in [2.45, 2.75) is 57.4 Å².